The number of carbonyl (C=O) groups is 3. The third kappa shape index (κ3) is 8.81. The van der Waals surface area contributed by atoms with Crippen LogP contribution in [-0.4, -0.2) is 35.8 Å². The number of hydroxylamine groups is 2. The zero-order valence-corrected chi connectivity index (χ0v) is 18.5. The van der Waals surface area contributed by atoms with Gasteiger partial charge < -0.3 is 4.79 Å². The van der Waals surface area contributed by atoms with Crippen LogP contribution in [0.2, 0.25) is 0 Å². The normalized spacial score (nSPS) is 16.2. The number of amides is 2. The Morgan fingerprint density at radius 3 is 2.28 bits per heavy atom. The number of imide groups is 1. The molecule has 1 saturated heterocycles. The van der Waals surface area contributed by atoms with Crippen LogP contribution in [-0.2, 0) is 19.2 Å². The van der Waals surface area contributed by atoms with E-state index in [9.17, 15) is 9.59 Å². The zero-order chi connectivity index (χ0) is 21.6. The van der Waals surface area contributed by atoms with Crippen molar-refractivity contribution < 1.29 is 19.2 Å². The van der Waals surface area contributed by atoms with Crippen molar-refractivity contribution in [3.8, 4) is 0 Å². The number of hydrogen-bond donors (Lipinski definition) is 0. The Morgan fingerprint density at radius 2 is 1.72 bits per heavy atom. The number of aryl methyl sites for hydroxylation is 1. The lowest BCUT2D eigenvalue weighted by Crippen LogP contribution is -2.27. The second-order valence-corrected chi connectivity index (χ2v) is 8.55. The number of benzene rings is 1. The number of rotatable bonds is 4. The largest absolute Gasteiger partial charge is 0.307 e. The second kappa shape index (κ2) is 13.9. The van der Waals surface area contributed by atoms with Crippen LogP contribution in [0.1, 0.15) is 42.6 Å². The van der Waals surface area contributed by atoms with Crippen molar-refractivity contribution in [3.05, 3.63) is 59.8 Å². The molecule has 0 saturated carbocycles. The lowest BCUT2D eigenvalue weighted by atomic mass is 10.1. The summed E-state index contributed by atoms with van der Waals surface area (Å²) in [6, 6.07) is 8.75. The third-order valence-electron chi connectivity index (χ3n) is 3.85. The SMILES string of the molecule is C=O.CON1C(=O)CCC1=O.Cc1ccc(C(C)SSC2=NC=CCC=C2)cc1. The van der Waals surface area contributed by atoms with Gasteiger partial charge in [-0.3, -0.25) is 14.4 Å². The molecule has 0 bridgehead atoms. The summed E-state index contributed by atoms with van der Waals surface area (Å²) in [5.41, 5.74) is 2.68. The van der Waals surface area contributed by atoms with E-state index in [-0.39, 0.29) is 24.7 Å². The van der Waals surface area contributed by atoms with Crippen molar-refractivity contribution >= 4 is 45.2 Å². The molecule has 2 amide bonds. The first-order valence-electron chi connectivity index (χ1n) is 8.99. The van der Waals surface area contributed by atoms with Gasteiger partial charge in [-0.25, -0.2) is 4.99 Å². The minimum absolute atomic E-state index is 0.248. The van der Waals surface area contributed by atoms with Crippen molar-refractivity contribution in [2.24, 2.45) is 4.99 Å². The molecule has 1 unspecified atom stereocenters. The summed E-state index contributed by atoms with van der Waals surface area (Å²) in [5.74, 6) is -0.495. The molecule has 2 aliphatic heterocycles. The Bertz CT molecular complexity index is 744. The van der Waals surface area contributed by atoms with Crippen molar-refractivity contribution in [1.29, 1.82) is 0 Å². The molecule has 29 heavy (non-hydrogen) atoms. The number of carbonyl (C=O) groups excluding carboxylic acids is 3. The Balaban J connectivity index is 0.000000321. The van der Waals surface area contributed by atoms with Gasteiger partial charge in [0.15, 0.2) is 0 Å². The highest BCUT2D eigenvalue weighted by Crippen LogP contribution is 2.38. The molecular formula is C21H26N2O4S2. The summed E-state index contributed by atoms with van der Waals surface area (Å²) >= 11 is 0. The molecular weight excluding hydrogens is 408 g/mol. The van der Waals surface area contributed by atoms with Crippen LogP contribution >= 0.6 is 21.6 Å². The van der Waals surface area contributed by atoms with E-state index in [0.717, 1.165) is 16.5 Å². The summed E-state index contributed by atoms with van der Waals surface area (Å²) in [4.78, 5) is 38.1. The van der Waals surface area contributed by atoms with E-state index in [1.807, 2.05) is 23.8 Å². The molecule has 2 aliphatic rings. The fourth-order valence-electron chi connectivity index (χ4n) is 2.30. The molecule has 0 aliphatic carbocycles. The second-order valence-electron chi connectivity index (χ2n) is 5.99. The molecule has 1 atom stereocenters. The van der Waals surface area contributed by atoms with Gasteiger partial charge in [-0.05, 0) is 42.7 Å². The molecule has 0 spiro atoms. The highest BCUT2D eigenvalue weighted by atomic mass is 33.1. The molecule has 8 heteroatoms. The average molecular weight is 435 g/mol. The topological polar surface area (TPSA) is 76.0 Å². The minimum Gasteiger partial charge on any atom is -0.307 e. The van der Waals surface area contributed by atoms with Crippen LogP contribution in [0.25, 0.3) is 0 Å². The van der Waals surface area contributed by atoms with E-state index in [4.69, 9.17) is 4.79 Å². The maximum absolute atomic E-state index is 10.6. The predicted molar refractivity (Wildman–Crippen MR) is 120 cm³/mol. The quantitative estimate of drug-likeness (QED) is 0.499. The lowest BCUT2D eigenvalue weighted by Gasteiger charge is -2.10. The smallest absolute Gasteiger partial charge is 0.253 e. The first-order chi connectivity index (χ1) is 14.0. The average Bonchev–Trinajstić information content (AvgIpc) is 2.92. The number of aliphatic imine (C=N–C) groups is 1. The van der Waals surface area contributed by atoms with E-state index < -0.39 is 0 Å². The molecule has 2 heterocycles. The van der Waals surface area contributed by atoms with E-state index in [1.165, 1.54) is 18.2 Å². The lowest BCUT2D eigenvalue weighted by molar-refractivity contribution is -0.179. The summed E-state index contributed by atoms with van der Waals surface area (Å²) in [5, 5.41) is 2.34. The van der Waals surface area contributed by atoms with Crippen molar-refractivity contribution in [3.63, 3.8) is 0 Å². The van der Waals surface area contributed by atoms with E-state index in [1.54, 1.807) is 10.8 Å². The standard InChI is InChI=1S/C15H17NS2.C5H7NO3.CH2O/c1-12-7-9-14(10-8-12)13(2)17-18-15-6-4-3-5-11-16-15;1-9-6-4(7)2-3-5(6)8;1-2/h4-11,13H,3H2,1-2H3;2-3H2,1H3;1H2. The predicted octanol–water partition coefficient (Wildman–Crippen LogP) is 4.82. The van der Waals surface area contributed by atoms with E-state index in [2.05, 4.69) is 66.2 Å². The van der Waals surface area contributed by atoms with Gasteiger partial charge in [0, 0.05) is 24.3 Å². The van der Waals surface area contributed by atoms with Crippen molar-refractivity contribution in [2.45, 2.75) is 38.4 Å². The van der Waals surface area contributed by atoms with Gasteiger partial charge in [-0.2, -0.15) is 5.06 Å². The van der Waals surface area contributed by atoms with Crippen LogP contribution in [0.3, 0.4) is 0 Å². The Kier molecular flexibility index (Phi) is 11.9. The summed E-state index contributed by atoms with van der Waals surface area (Å²) < 4.78 is 0. The molecule has 1 fully saturated rings. The van der Waals surface area contributed by atoms with Crippen LogP contribution < -0.4 is 0 Å². The van der Waals surface area contributed by atoms with Crippen LogP contribution in [0.5, 0.6) is 0 Å². The third-order valence-corrected chi connectivity index (χ3v) is 6.59. The molecule has 0 aromatic heterocycles. The molecule has 0 N–H and O–H groups in total. The number of nitrogens with zero attached hydrogens (tertiary/aromatic N) is 2. The number of allylic oxidation sites excluding steroid dienone is 2. The Labute approximate surface area is 179 Å². The van der Waals surface area contributed by atoms with Crippen molar-refractivity contribution in [1.82, 2.24) is 5.06 Å². The first-order valence-corrected chi connectivity index (χ1v) is 11.2. The van der Waals surface area contributed by atoms with Gasteiger partial charge in [0.05, 0.1) is 7.11 Å². The van der Waals surface area contributed by atoms with Gasteiger partial charge in [0.2, 0.25) is 0 Å². The van der Waals surface area contributed by atoms with Gasteiger partial charge in [-0.15, -0.1) is 0 Å². The molecule has 1 aromatic carbocycles. The van der Waals surface area contributed by atoms with Crippen LogP contribution in [0.15, 0.2) is 53.7 Å². The Morgan fingerprint density at radius 1 is 1.10 bits per heavy atom. The molecule has 3 rings (SSSR count). The molecule has 1 aromatic rings. The van der Waals surface area contributed by atoms with Gasteiger partial charge in [0.25, 0.3) is 11.8 Å². The van der Waals surface area contributed by atoms with Gasteiger partial charge in [0.1, 0.15) is 11.8 Å². The van der Waals surface area contributed by atoms with E-state index >= 15 is 0 Å². The number of hydrogen-bond acceptors (Lipinski definition) is 7. The molecule has 6 nitrogen and oxygen atoms in total. The van der Waals surface area contributed by atoms with Gasteiger partial charge >= 0.3 is 0 Å². The fourth-order valence-corrected chi connectivity index (χ4v) is 4.43. The van der Waals surface area contributed by atoms with Gasteiger partial charge in [-0.1, -0.05) is 52.8 Å². The van der Waals surface area contributed by atoms with Crippen molar-refractivity contribution in [2.75, 3.05) is 7.11 Å². The molecule has 156 valence electrons. The summed E-state index contributed by atoms with van der Waals surface area (Å²) in [6.45, 7) is 6.35. The first kappa shape index (κ1) is 24.9. The highest BCUT2D eigenvalue weighted by molar-refractivity contribution is 8.82. The highest BCUT2D eigenvalue weighted by Gasteiger charge is 2.28. The molecule has 0 radical (unpaired) electrons. The fraction of sp³-hybridized carbons (Fsp3) is 0.333. The van der Waals surface area contributed by atoms with Crippen LogP contribution in [0.4, 0.5) is 0 Å². The zero-order valence-electron chi connectivity index (χ0n) is 16.9. The maximum atomic E-state index is 10.6. The minimum atomic E-state index is -0.248. The summed E-state index contributed by atoms with van der Waals surface area (Å²) in [7, 11) is 4.90. The Hall–Kier alpha value is -2.16. The van der Waals surface area contributed by atoms with E-state index in [0.29, 0.717) is 5.25 Å². The monoisotopic (exact) mass is 434 g/mol. The van der Waals surface area contributed by atoms with Crippen LogP contribution in [0, 0.1) is 6.92 Å². The summed E-state index contributed by atoms with van der Waals surface area (Å²) in [6.07, 6.45) is 9.74. The maximum Gasteiger partial charge on any atom is 0.253 e.